The van der Waals surface area contributed by atoms with E-state index >= 15 is 0 Å². The molecule has 1 fully saturated rings. The molecule has 1 saturated heterocycles. The minimum absolute atomic E-state index is 0.0812. The topological polar surface area (TPSA) is 61.4 Å². The summed E-state index contributed by atoms with van der Waals surface area (Å²) in [5.74, 6) is 1.55. The predicted molar refractivity (Wildman–Crippen MR) is 124 cm³/mol. The fourth-order valence-electron chi connectivity index (χ4n) is 3.31. The van der Waals surface area contributed by atoms with Crippen LogP contribution in [0.3, 0.4) is 0 Å². The maximum absolute atomic E-state index is 12.7. The van der Waals surface area contributed by atoms with E-state index in [1.807, 2.05) is 72.5 Å². The summed E-state index contributed by atoms with van der Waals surface area (Å²) in [5, 5.41) is 3.33. The Morgan fingerprint density at radius 3 is 2.34 bits per heavy atom. The molecule has 0 radical (unpaired) electrons. The molecule has 1 N–H and O–H groups in total. The van der Waals surface area contributed by atoms with E-state index in [0.717, 1.165) is 26.3 Å². The number of carbonyl (C=O) groups excluding carboxylic acids is 1. The van der Waals surface area contributed by atoms with Gasteiger partial charge in [0.05, 0.1) is 0 Å². The predicted octanol–water partition coefficient (Wildman–Crippen LogP) is 4.10. The molecule has 1 aliphatic rings. The first-order chi connectivity index (χ1) is 14.1. The van der Waals surface area contributed by atoms with Gasteiger partial charge in [-0.25, -0.2) is 4.98 Å². The minimum atomic E-state index is 0.0812. The van der Waals surface area contributed by atoms with Gasteiger partial charge in [0.2, 0.25) is 5.95 Å². The monoisotopic (exact) mass is 499 g/mol. The molecular formula is C22H22IN5O. The van der Waals surface area contributed by atoms with E-state index in [9.17, 15) is 4.79 Å². The van der Waals surface area contributed by atoms with Gasteiger partial charge in [-0.15, -0.1) is 0 Å². The average molecular weight is 499 g/mol. The van der Waals surface area contributed by atoms with Crippen molar-refractivity contribution < 1.29 is 4.79 Å². The zero-order chi connectivity index (χ0) is 20.2. The summed E-state index contributed by atoms with van der Waals surface area (Å²) >= 11 is 2.24. The number of hydrogen-bond acceptors (Lipinski definition) is 5. The molecule has 1 aromatic heterocycles. The van der Waals surface area contributed by atoms with Crippen molar-refractivity contribution in [2.45, 2.75) is 6.92 Å². The highest BCUT2D eigenvalue weighted by Gasteiger charge is 2.24. The molecule has 7 heteroatoms. The molecule has 6 nitrogen and oxygen atoms in total. The van der Waals surface area contributed by atoms with Crippen LogP contribution in [0.1, 0.15) is 16.1 Å². The van der Waals surface area contributed by atoms with E-state index in [2.05, 4.69) is 42.8 Å². The van der Waals surface area contributed by atoms with Gasteiger partial charge in [-0.2, -0.15) is 4.98 Å². The lowest BCUT2D eigenvalue weighted by atomic mass is 10.2. The van der Waals surface area contributed by atoms with Gasteiger partial charge in [0, 0.05) is 52.8 Å². The molecule has 148 valence electrons. The zero-order valence-corrected chi connectivity index (χ0v) is 18.3. The third-order valence-corrected chi connectivity index (χ3v) is 5.55. The van der Waals surface area contributed by atoms with E-state index in [1.54, 1.807) is 0 Å². The van der Waals surface area contributed by atoms with Crippen LogP contribution in [-0.4, -0.2) is 47.0 Å². The smallest absolute Gasteiger partial charge is 0.253 e. The number of hydrogen-bond donors (Lipinski definition) is 1. The average Bonchev–Trinajstić information content (AvgIpc) is 2.74. The molecule has 2 aromatic carbocycles. The van der Waals surface area contributed by atoms with Crippen molar-refractivity contribution in [1.82, 2.24) is 14.9 Å². The molecular weight excluding hydrogens is 477 g/mol. The Hall–Kier alpha value is -2.68. The van der Waals surface area contributed by atoms with Gasteiger partial charge < -0.3 is 15.1 Å². The van der Waals surface area contributed by atoms with Crippen molar-refractivity contribution in [3.05, 3.63) is 75.5 Å². The molecule has 0 aliphatic carbocycles. The largest absolute Gasteiger partial charge is 0.340 e. The van der Waals surface area contributed by atoms with E-state index in [-0.39, 0.29) is 5.91 Å². The van der Waals surface area contributed by atoms with E-state index in [0.29, 0.717) is 32.1 Å². The Labute approximate surface area is 184 Å². The number of nitrogens with zero attached hydrogens (tertiary/aromatic N) is 4. The number of carbonyl (C=O) groups is 1. The molecule has 0 spiro atoms. The van der Waals surface area contributed by atoms with Gasteiger partial charge in [0.25, 0.3) is 5.91 Å². The van der Waals surface area contributed by atoms with Crippen molar-refractivity contribution >= 4 is 46.0 Å². The lowest BCUT2D eigenvalue weighted by Gasteiger charge is -2.35. The fraction of sp³-hybridized carbons (Fsp3) is 0.227. The zero-order valence-electron chi connectivity index (χ0n) is 16.2. The highest BCUT2D eigenvalue weighted by atomic mass is 127. The van der Waals surface area contributed by atoms with E-state index in [4.69, 9.17) is 0 Å². The number of amides is 1. The van der Waals surface area contributed by atoms with Gasteiger partial charge in [-0.3, -0.25) is 4.79 Å². The number of aryl methyl sites for hydroxylation is 1. The lowest BCUT2D eigenvalue weighted by Crippen LogP contribution is -2.49. The first-order valence-electron chi connectivity index (χ1n) is 9.56. The Bertz CT molecular complexity index is 986. The van der Waals surface area contributed by atoms with Crippen LogP contribution >= 0.6 is 22.6 Å². The lowest BCUT2D eigenvalue weighted by molar-refractivity contribution is 0.0746. The Balaban J connectivity index is 1.43. The number of rotatable bonds is 4. The summed E-state index contributed by atoms with van der Waals surface area (Å²) in [7, 11) is 0. The first kappa shape index (κ1) is 19.6. The van der Waals surface area contributed by atoms with Crippen molar-refractivity contribution in [3.8, 4) is 0 Å². The van der Waals surface area contributed by atoms with Gasteiger partial charge in [-0.1, -0.05) is 18.2 Å². The molecule has 1 aliphatic heterocycles. The summed E-state index contributed by atoms with van der Waals surface area (Å²) in [6, 6.07) is 19.6. The van der Waals surface area contributed by atoms with Crippen LogP contribution in [0, 0.1) is 10.5 Å². The second-order valence-electron chi connectivity index (χ2n) is 6.97. The molecule has 29 heavy (non-hydrogen) atoms. The summed E-state index contributed by atoms with van der Waals surface area (Å²) in [6.45, 7) is 4.71. The number of para-hydroxylation sites is 1. The Morgan fingerprint density at radius 1 is 0.966 bits per heavy atom. The number of benzene rings is 2. The van der Waals surface area contributed by atoms with Crippen molar-refractivity contribution in [2.75, 3.05) is 36.4 Å². The fourth-order valence-corrected chi connectivity index (χ4v) is 3.67. The van der Waals surface area contributed by atoms with Crippen LogP contribution in [0.15, 0.2) is 60.7 Å². The first-order valence-corrected chi connectivity index (χ1v) is 10.6. The summed E-state index contributed by atoms with van der Waals surface area (Å²) in [6.07, 6.45) is 0. The van der Waals surface area contributed by atoms with Gasteiger partial charge >= 0.3 is 0 Å². The second kappa shape index (κ2) is 8.77. The van der Waals surface area contributed by atoms with Crippen molar-refractivity contribution in [2.24, 2.45) is 0 Å². The summed E-state index contributed by atoms with van der Waals surface area (Å²) < 4.78 is 1.13. The SMILES string of the molecule is Cc1cc(Nc2ccccc2)nc(N2CCN(C(=O)c3ccc(I)cc3)CC2)n1. The van der Waals surface area contributed by atoms with E-state index in [1.165, 1.54) is 0 Å². The molecule has 0 unspecified atom stereocenters. The number of halogens is 1. The van der Waals surface area contributed by atoms with E-state index < -0.39 is 0 Å². The standard InChI is InChI=1S/C22H22IN5O/c1-16-15-20(25-19-5-3-2-4-6-19)26-22(24-16)28-13-11-27(12-14-28)21(29)17-7-9-18(23)10-8-17/h2-10,15H,11-14H2,1H3,(H,24,25,26). The molecule has 0 bridgehead atoms. The number of nitrogens with one attached hydrogen (secondary N) is 1. The van der Waals surface area contributed by atoms with Gasteiger partial charge in [-0.05, 0) is 65.9 Å². The molecule has 1 amide bonds. The molecule has 4 rings (SSSR count). The number of anilines is 3. The van der Waals surface area contributed by atoms with Crippen LogP contribution in [0.4, 0.5) is 17.5 Å². The van der Waals surface area contributed by atoms with Crippen LogP contribution in [-0.2, 0) is 0 Å². The number of piperazine rings is 1. The van der Waals surface area contributed by atoms with Crippen LogP contribution in [0.5, 0.6) is 0 Å². The molecule has 3 aromatic rings. The third-order valence-electron chi connectivity index (χ3n) is 4.83. The number of aromatic nitrogens is 2. The highest BCUT2D eigenvalue weighted by molar-refractivity contribution is 14.1. The third kappa shape index (κ3) is 4.84. The Morgan fingerprint density at radius 2 is 1.66 bits per heavy atom. The molecule has 2 heterocycles. The maximum atomic E-state index is 12.7. The second-order valence-corrected chi connectivity index (χ2v) is 8.22. The van der Waals surface area contributed by atoms with Gasteiger partial charge in [0.15, 0.2) is 0 Å². The van der Waals surface area contributed by atoms with Crippen LogP contribution in [0.2, 0.25) is 0 Å². The normalized spacial score (nSPS) is 14.0. The van der Waals surface area contributed by atoms with Crippen molar-refractivity contribution in [3.63, 3.8) is 0 Å². The molecule has 0 atom stereocenters. The van der Waals surface area contributed by atoms with Crippen molar-refractivity contribution in [1.29, 1.82) is 0 Å². The summed E-state index contributed by atoms with van der Waals surface area (Å²) in [4.78, 5) is 26.1. The minimum Gasteiger partial charge on any atom is -0.340 e. The quantitative estimate of drug-likeness (QED) is 0.548. The Kier molecular flexibility index (Phi) is 5.94. The van der Waals surface area contributed by atoms with Crippen LogP contribution < -0.4 is 10.2 Å². The summed E-state index contributed by atoms with van der Waals surface area (Å²) in [5.41, 5.74) is 2.63. The van der Waals surface area contributed by atoms with Gasteiger partial charge in [0.1, 0.15) is 5.82 Å². The molecule has 0 saturated carbocycles. The maximum Gasteiger partial charge on any atom is 0.253 e. The van der Waals surface area contributed by atoms with Crippen LogP contribution in [0.25, 0.3) is 0 Å². The highest BCUT2D eigenvalue weighted by Crippen LogP contribution is 2.20.